The van der Waals surface area contributed by atoms with Gasteiger partial charge in [-0.15, -0.1) is 0 Å². The van der Waals surface area contributed by atoms with Gasteiger partial charge < -0.3 is 10.1 Å². The van der Waals surface area contributed by atoms with E-state index in [-0.39, 0.29) is 6.10 Å². The van der Waals surface area contributed by atoms with Crippen LogP contribution in [0.1, 0.15) is 39.2 Å². The van der Waals surface area contributed by atoms with Crippen LogP contribution in [0, 0.1) is 0 Å². The summed E-state index contributed by atoms with van der Waals surface area (Å²) in [5.41, 5.74) is 1.70. The van der Waals surface area contributed by atoms with Gasteiger partial charge in [-0.05, 0) is 51.3 Å². The van der Waals surface area contributed by atoms with Crippen molar-refractivity contribution >= 4 is 0 Å². The normalized spacial score (nSPS) is 17.5. The van der Waals surface area contributed by atoms with Gasteiger partial charge in [-0.3, -0.25) is 0 Å². The Bertz CT molecular complexity index is 356. The van der Waals surface area contributed by atoms with Crippen molar-refractivity contribution in [1.29, 1.82) is 0 Å². The van der Waals surface area contributed by atoms with Crippen molar-refractivity contribution in [3.63, 3.8) is 0 Å². The first-order chi connectivity index (χ1) is 7.57. The Morgan fingerprint density at radius 2 is 2.12 bits per heavy atom. The molecule has 0 bridgehead atoms. The molecule has 0 aromatic heterocycles. The van der Waals surface area contributed by atoms with Gasteiger partial charge in [-0.1, -0.05) is 12.1 Å². The van der Waals surface area contributed by atoms with Crippen molar-refractivity contribution in [2.75, 3.05) is 0 Å². The summed E-state index contributed by atoms with van der Waals surface area (Å²) < 4.78 is 5.67. The lowest BCUT2D eigenvalue weighted by Gasteiger charge is -2.13. The number of hydrogen-bond acceptors (Lipinski definition) is 2. The first-order valence-corrected chi connectivity index (χ1v) is 6.08. The standard InChI is InChI=1S/C14H21NO/c1-11(2)16-13-6-4-5-12(9-13)10-15-14(3)7-8-14/h4-6,9,11,15H,7-8,10H2,1-3H3. The second kappa shape index (κ2) is 4.46. The molecule has 88 valence electrons. The highest BCUT2D eigenvalue weighted by atomic mass is 16.5. The van der Waals surface area contributed by atoms with E-state index in [1.54, 1.807) is 0 Å². The molecule has 2 nitrogen and oxygen atoms in total. The summed E-state index contributed by atoms with van der Waals surface area (Å²) in [4.78, 5) is 0. The zero-order valence-electron chi connectivity index (χ0n) is 10.4. The molecule has 0 unspecified atom stereocenters. The molecule has 1 fully saturated rings. The Hall–Kier alpha value is -1.02. The fraction of sp³-hybridized carbons (Fsp3) is 0.571. The van der Waals surface area contributed by atoms with Gasteiger partial charge in [0.25, 0.3) is 0 Å². The molecule has 2 rings (SSSR count). The van der Waals surface area contributed by atoms with E-state index in [0.29, 0.717) is 5.54 Å². The number of nitrogens with one attached hydrogen (secondary N) is 1. The molecule has 16 heavy (non-hydrogen) atoms. The van der Waals surface area contributed by atoms with Gasteiger partial charge in [0.1, 0.15) is 5.75 Å². The summed E-state index contributed by atoms with van der Waals surface area (Å²) in [6.45, 7) is 7.32. The molecule has 1 saturated carbocycles. The summed E-state index contributed by atoms with van der Waals surface area (Å²) >= 11 is 0. The number of benzene rings is 1. The number of hydrogen-bond donors (Lipinski definition) is 1. The van der Waals surface area contributed by atoms with E-state index in [1.165, 1.54) is 18.4 Å². The Kier molecular flexibility index (Phi) is 3.20. The lowest BCUT2D eigenvalue weighted by Crippen LogP contribution is -2.26. The van der Waals surface area contributed by atoms with Crippen LogP contribution in [-0.4, -0.2) is 11.6 Å². The van der Waals surface area contributed by atoms with Crippen molar-refractivity contribution in [3.05, 3.63) is 29.8 Å². The molecular formula is C14H21NO. The van der Waals surface area contributed by atoms with E-state index in [9.17, 15) is 0 Å². The smallest absolute Gasteiger partial charge is 0.120 e. The van der Waals surface area contributed by atoms with Gasteiger partial charge in [0.15, 0.2) is 0 Å². The second-order valence-corrected chi connectivity index (χ2v) is 5.23. The molecule has 0 heterocycles. The molecule has 1 N–H and O–H groups in total. The highest BCUT2D eigenvalue weighted by molar-refractivity contribution is 5.28. The molecule has 1 aliphatic rings. The minimum Gasteiger partial charge on any atom is -0.491 e. The zero-order chi connectivity index (χ0) is 11.6. The predicted octanol–water partition coefficient (Wildman–Crippen LogP) is 3.12. The molecule has 1 aliphatic carbocycles. The van der Waals surface area contributed by atoms with Crippen LogP contribution in [0.2, 0.25) is 0 Å². The molecule has 0 saturated heterocycles. The van der Waals surface area contributed by atoms with Gasteiger partial charge in [-0.25, -0.2) is 0 Å². The number of ether oxygens (including phenoxy) is 1. The maximum atomic E-state index is 5.67. The first-order valence-electron chi connectivity index (χ1n) is 6.08. The Labute approximate surface area is 98.0 Å². The van der Waals surface area contributed by atoms with E-state index in [1.807, 2.05) is 6.07 Å². The van der Waals surface area contributed by atoms with Gasteiger partial charge >= 0.3 is 0 Å². The van der Waals surface area contributed by atoms with E-state index in [0.717, 1.165) is 12.3 Å². The third-order valence-corrected chi connectivity index (χ3v) is 2.99. The molecule has 1 aromatic rings. The predicted molar refractivity (Wildman–Crippen MR) is 66.7 cm³/mol. The van der Waals surface area contributed by atoms with Crippen molar-refractivity contribution in [1.82, 2.24) is 5.32 Å². The Morgan fingerprint density at radius 3 is 2.75 bits per heavy atom. The fourth-order valence-electron chi connectivity index (χ4n) is 1.68. The van der Waals surface area contributed by atoms with Crippen LogP contribution >= 0.6 is 0 Å². The topological polar surface area (TPSA) is 21.3 Å². The van der Waals surface area contributed by atoms with Gasteiger partial charge in [0.2, 0.25) is 0 Å². The fourth-order valence-corrected chi connectivity index (χ4v) is 1.68. The number of rotatable bonds is 5. The van der Waals surface area contributed by atoms with E-state index in [2.05, 4.69) is 44.3 Å². The molecule has 1 aromatic carbocycles. The summed E-state index contributed by atoms with van der Waals surface area (Å²) in [7, 11) is 0. The monoisotopic (exact) mass is 219 g/mol. The Morgan fingerprint density at radius 1 is 1.38 bits per heavy atom. The third kappa shape index (κ3) is 3.24. The summed E-state index contributed by atoms with van der Waals surface area (Å²) in [6, 6.07) is 8.34. The van der Waals surface area contributed by atoms with E-state index < -0.39 is 0 Å². The lowest BCUT2D eigenvalue weighted by molar-refractivity contribution is 0.242. The first kappa shape index (κ1) is 11.5. The third-order valence-electron chi connectivity index (χ3n) is 2.99. The molecule has 2 heteroatoms. The molecule has 0 atom stereocenters. The van der Waals surface area contributed by atoms with Crippen molar-refractivity contribution in [3.8, 4) is 5.75 Å². The quantitative estimate of drug-likeness (QED) is 0.821. The molecule has 0 radical (unpaired) electrons. The average Bonchev–Trinajstić information content (AvgIpc) is 2.94. The van der Waals surface area contributed by atoms with Crippen LogP contribution in [0.15, 0.2) is 24.3 Å². The highest BCUT2D eigenvalue weighted by Crippen LogP contribution is 2.34. The maximum Gasteiger partial charge on any atom is 0.120 e. The van der Waals surface area contributed by atoms with Crippen LogP contribution in [0.4, 0.5) is 0 Å². The van der Waals surface area contributed by atoms with Crippen molar-refractivity contribution in [2.24, 2.45) is 0 Å². The van der Waals surface area contributed by atoms with Crippen molar-refractivity contribution < 1.29 is 4.74 Å². The largest absolute Gasteiger partial charge is 0.491 e. The highest BCUT2D eigenvalue weighted by Gasteiger charge is 2.36. The van der Waals surface area contributed by atoms with Gasteiger partial charge in [-0.2, -0.15) is 0 Å². The molecule has 0 amide bonds. The zero-order valence-corrected chi connectivity index (χ0v) is 10.4. The van der Waals surface area contributed by atoms with Crippen molar-refractivity contribution in [2.45, 2.75) is 51.8 Å². The van der Waals surface area contributed by atoms with Crippen LogP contribution in [0.25, 0.3) is 0 Å². The maximum absolute atomic E-state index is 5.67. The minimum absolute atomic E-state index is 0.240. The SMILES string of the molecule is CC(C)Oc1cccc(CNC2(C)CC2)c1. The Balaban J connectivity index is 1.93. The van der Waals surface area contributed by atoms with Crippen LogP contribution in [-0.2, 0) is 6.54 Å². The van der Waals surface area contributed by atoms with E-state index in [4.69, 9.17) is 4.74 Å². The van der Waals surface area contributed by atoms with Crippen LogP contribution < -0.4 is 10.1 Å². The van der Waals surface area contributed by atoms with Crippen LogP contribution in [0.5, 0.6) is 5.75 Å². The van der Waals surface area contributed by atoms with E-state index >= 15 is 0 Å². The minimum atomic E-state index is 0.240. The second-order valence-electron chi connectivity index (χ2n) is 5.23. The summed E-state index contributed by atoms with van der Waals surface area (Å²) in [5.74, 6) is 0.968. The van der Waals surface area contributed by atoms with Gasteiger partial charge in [0, 0.05) is 12.1 Å². The van der Waals surface area contributed by atoms with Crippen LogP contribution in [0.3, 0.4) is 0 Å². The lowest BCUT2D eigenvalue weighted by atomic mass is 10.2. The molecule has 0 aliphatic heterocycles. The molecule has 0 spiro atoms. The average molecular weight is 219 g/mol. The summed E-state index contributed by atoms with van der Waals surface area (Å²) in [6.07, 6.45) is 2.84. The van der Waals surface area contributed by atoms with Gasteiger partial charge in [0.05, 0.1) is 6.10 Å². The summed E-state index contributed by atoms with van der Waals surface area (Å²) in [5, 5.41) is 3.57. The molecular weight excluding hydrogens is 198 g/mol.